The Morgan fingerprint density at radius 1 is 0.469 bits per heavy atom. The van der Waals surface area contributed by atoms with Crippen LogP contribution < -0.4 is 0 Å². The van der Waals surface area contributed by atoms with Gasteiger partial charge in [0.25, 0.3) is 0 Å². The van der Waals surface area contributed by atoms with E-state index in [9.17, 15) is 0 Å². The maximum atomic E-state index is 2.44. The zero-order valence-corrected chi connectivity index (χ0v) is 47.4. The third-order valence-corrected chi connectivity index (χ3v) is 21.2. The summed E-state index contributed by atoms with van der Waals surface area (Å²) in [4.78, 5) is 0. The molecule has 10 fully saturated rings. The van der Waals surface area contributed by atoms with E-state index in [-0.39, 0.29) is 0 Å². The van der Waals surface area contributed by atoms with Crippen molar-refractivity contribution >= 4 is 0 Å². The van der Waals surface area contributed by atoms with Gasteiger partial charge in [-0.25, -0.2) is 0 Å². The van der Waals surface area contributed by atoms with Crippen molar-refractivity contribution in [1.82, 2.24) is 0 Å². The quantitative estimate of drug-likeness (QED) is 0.258. The first-order chi connectivity index (χ1) is 30.2. The topological polar surface area (TPSA) is 0 Å². The molecule has 0 radical (unpaired) electrons. The molecule has 0 amide bonds. The highest BCUT2D eigenvalue weighted by atomic mass is 14.4. The lowest BCUT2D eigenvalue weighted by molar-refractivity contribution is 0.281. The van der Waals surface area contributed by atoms with E-state index in [0.29, 0.717) is 10.8 Å². The molecule has 10 aliphatic carbocycles. The highest BCUT2D eigenvalue weighted by molar-refractivity contribution is 4.89. The second kappa shape index (κ2) is 29.2. The fraction of sp³-hybridized carbons (Fsp3) is 1.00. The molecule has 0 heterocycles. The van der Waals surface area contributed by atoms with Gasteiger partial charge in [-0.15, -0.1) is 0 Å². The molecule has 64 heavy (non-hydrogen) atoms. The molecule has 0 nitrogen and oxygen atoms in total. The van der Waals surface area contributed by atoms with E-state index in [0.717, 1.165) is 75.9 Å². The Morgan fingerprint density at radius 3 is 1.16 bits per heavy atom. The Morgan fingerprint density at radius 2 is 0.953 bits per heavy atom. The lowest BCUT2D eigenvalue weighted by Gasteiger charge is -2.22. The smallest absolute Gasteiger partial charge is 0.0328 e. The Hall–Kier alpha value is 0. The normalized spacial score (nSPS) is 34.3. The van der Waals surface area contributed by atoms with Crippen molar-refractivity contribution in [2.45, 2.75) is 322 Å². The summed E-state index contributed by atoms with van der Waals surface area (Å²) < 4.78 is 0. The van der Waals surface area contributed by atoms with Gasteiger partial charge in [-0.1, -0.05) is 232 Å². The van der Waals surface area contributed by atoms with Crippen LogP contribution in [0.5, 0.6) is 0 Å². The van der Waals surface area contributed by atoms with E-state index < -0.39 is 0 Å². The van der Waals surface area contributed by atoms with Crippen molar-refractivity contribution in [3.63, 3.8) is 0 Å². The summed E-state index contributed by atoms with van der Waals surface area (Å²) in [5, 5.41) is 0. The molecule has 10 saturated carbocycles. The Bertz CT molecular complexity index is 1090. The minimum absolute atomic E-state index is 0.653. The van der Waals surface area contributed by atoms with Crippen LogP contribution in [0.3, 0.4) is 0 Å². The van der Waals surface area contributed by atoms with Crippen molar-refractivity contribution < 1.29 is 0 Å². The van der Waals surface area contributed by atoms with Crippen LogP contribution in [-0.2, 0) is 0 Å². The summed E-state index contributed by atoms with van der Waals surface area (Å²) in [6.07, 6.45) is 50.6. The van der Waals surface area contributed by atoms with Crippen LogP contribution >= 0.6 is 0 Å². The molecular weight excluding hydrogens is 769 g/mol. The molecule has 4 bridgehead atoms. The standard InChI is InChI=1S/2C8H14.6C8H16/c1-6-4-7-2-3-8(6)5-7;1-6-7-2-3-8(6)5-4-7;1-7-4-5-8(2,3)6-7;1-7-5-4-6-8(7,2)3;1-7(2)8-5-3-4-6-8;2*1-3-8(2)6-4-5-7-8;1-2-5-8-6-3-4-7-8/h2*6-8H,2-5H2,1H3;2*7H,4-6H2,1-3H3;7-8H,3-6H2,1-2H3;2*3-7H2,1-2H3;8H,2-7H2,1H3/t6-,7?,8?;;2*7-;;;;/m0.00..../s1. The molecule has 5 atom stereocenters. The van der Waals surface area contributed by atoms with Gasteiger partial charge < -0.3 is 0 Å². The minimum Gasteiger partial charge on any atom is -0.0654 e. The molecule has 380 valence electrons. The van der Waals surface area contributed by atoms with Gasteiger partial charge in [0, 0.05) is 0 Å². The summed E-state index contributed by atoms with van der Waals surface area (Å²) in [5.74, 6) is 11.8. The van der Waals surface area contributed by atoms with Crippen molar-refractivity contribution in [3.8, 4) is 0 Å². The van der Waals surface area contributed by atoms with E-state index in [1.54, 1.807) is 51.4 Å². The largest absolute Gasteiger partial charge is 0.0654 e. The van der Waals surface area contributed by atoms with Gasteiger partial charge in [0.15, 0.2) is 0 Å². The summed E-state index contributed by atoms with van der Waals surface area (Å²) >= 11 is 0. The predicted octanol–water partition coefficient (Wildman–Crippen LogP) is 22.3. The highest BCUT2D eigenvalue weighted by Crippen LogP contribution is 2.49. The molecule has 10 aliphatic rings. The molecule has 10 rings (SSSR count). The predicted molar refractivity (Wildman–Crippen MR) is 290 cm³/mol. The molecule has 0 aliphatic heterocycles. The summed E-state index contributed by atoms with van der Waals surface area (Å²) in [6.45, 7) is 35.5. The number of fused-ring (bicyclic) bond motifs is 4. The molecule has 0 saturated heterocycles. The van der Waals surface area contributed by atoms with Crippen LogP contribution in [0, 0.1) is 86.8 Å². The summed E-state index contributed by atoms with van der Waals surface area (Å²) in [7, 11) is 0. The third kappa shape index (κ3) is 21.3. The number of hydrogen-bond acceptors (Lipinski definition) is 0. The van der Waals surface area contributed by atoms with Crippen LogP contribution in [0.4, 0.5) is 0 Å². The van der Waals surface area contributed by atoms with E-state index in [4.69, 9.17) is 0 Å². The van der Waals surface area contributed by atoms with Crippen molar-refractivity contribution in [2.24, 2.45) is 86.8 Å². The fourth-order valence-electron chi connectivity index (χ4n) is 14.9. The summed E-state index contributed by atoms with van der Waals surface area (Å²) in [6, 6.07) is 0. The van der Waals surface area contributed by atoms with E-state index >= 15 is 0 Å². The molecule has 0 aromatic heterocycles. The van der Waals surface area contributed by atoms with Gasteiger partial charge in [0.05, 0.1) is 0 Å². The number of hydrogen-bond donors (Lipinski definition) is 0. The lowest BCUT2D eigenvalue weighted by Crippen LogP contribution is -2.13. The first kappa shape index (κ1) is 58.3. The summed E-state index contributed by atoms with van der Waals surface area (Å²) in [5.41, 5.74) is 2.79. The molecule has 2 unspecified atom stereocenters. The second-order valence-corrected chi connectivity index (χ2v) is 28.0. The average Bonchev–Trinajstić information content (AvgIpc) is 4.10. The van der Waals surface area contributed by atoms with Crippen LogP contribution in [-0.4, -0.2) is 0 Å². The SMILES string of the molecule is CC(C)C1CCCC1.CC1C2CCC1CC2.CCC1(C)CCCC1.CCC1(C)CCCC1.CCCC1CCCC1.C[C@H]1CC2CCC1C2.C[C@H]1CCC(C)(C)C1.C[C@H]1CCCC1(C)C. The zero-order valence-electron chi connectivity index (χ0n) is 47.4. The Kier molecular flexibility index (Phi) is 26.6. The molecule has 0 aromatic rings. The lowest BCUT2D eigenvalue weighted by atomic mass is 9.83. The monoisotopic (exact) mass is 893 g/mol. The Balaban J connectivity index is 0.000000194. The van der Waals surface area contributed by atoms with Crippen LogP contribution in [0.2, 0.25) is 0 Å². The maximum absolute atomic E-state index is 2.44. The van der Waals surface area contributed by atoms with E-state index in [2.05, 4.69) is 104 Å². The molecule has 0 spiro atoms. The van der Waals surface area contributed by atoms with Gasteiger partial charge in [-0.2, -0.15) is 0 Å². The molecule has 0 heteroatoms. The van der Waals surface area contributed by atoms with Crippen molar-refractivity contribution in [3.05, 3.63) is 0 Å². The van der Waals surface area contributed by atoms with Crippen molar-refractivity contribution in [2.75, 3.05) is 0 Å². The first-order valence-electron chi connectivity index (χ1n) is 30.2. The van der Waals surface area contributed by atoms with Gasteiger partial charge in [-0.05, 0) is 177 Å². The van der Waals surface area contributed by atoms with Gasteiger partial charge >= 0.3 is 0 Å². The van der Waals surface area contributed by atoms with Crippen LogP contribution in [0.1, 0.15) is 322 Å². The van der Waals surface area contributed by atoms with Crippen LogP contribution in [0.25, 0.3) is 0 Å². The highest BCUT2D eigenvalue weighted by Gasteiger charge is 2.38. The molecule has 0 N–H and O–H groups in total. The second-order valence-electron chi connectivity index (χ2n) is 28.0. The zero-order chi connectivity index (χ0) is 47.4. The van der Waals surface area contributed by atoms with E-state index in [1.165, 1.54) is 167 Å². The van der Waals surface area contributed by atoms with Crippen LogP contribution in [0.15, 0.2) is 0 Å². The minimum atomic E-state index is 0.653. The van der Waals surface area contributed by atoms with Crippen molar-refractivity contribution in [1.29, 1.82) is 0 Å². The molecular formula is C64H124. The molecule has 0 aromatic carbocycles. The van der Waals surface area contributed by atoms with Gasteiger partial charge in [0.1, 0.15) is 0 Å². The first-order valence-corrected chi connectivity index (χ1v) is 30.2. The van der Waals surface area contributed by atoms with E-state index in [1.807, 2.05) is 0 Å². The van der Waals surface area contributed by atoms with Gasteiger partial charge in [-0.3, -0.25) is 0 Å². The van der Waals surface area contributed by atoms with Gasteiger partial charge in [0.2, 0.25) is 0 Å². The third-order valence-electron chi connectivity index (χ3n) is 21.2. The Labute approximate surface area is 407 Å². The fourth-order valence-corrected chi connectivity index (χ4v) is 14.9. The maximum Gasteiger partial charge on any atom is -0.0328 e. The average molecular weight is 894 g/mol. The number of rotatable bonds is 5.